The van der Waals surface area contributed by atoms with Crippen molar-refractivity contribution in [1.82, 2.24) is 5.32 Å². The minimum atomic E-state index is -0.177. The van der Waals surface area contributed by atoms with Crippen LogP contribution in [-0.2, 0) is 16.1 Å². The van der Waals surface area contributed by atoms with Gasteiger partial charge in [0.15, 0.2) is 0 Å². The van der Waals surface area contributed by atoms with Crippen molar-refractivity contribution < 1.29 is 9.53 Å². The van der Waals surface area contributed by atoms with Crippen molar-refractivity contribution in [3.63, 3.8) is 0 Å². The number of hydrogen-bond donors (Lipinski definition) is 1. The second-order valence-corrected chi connectivity index (χ2v) is 5.68. The van der Waals surface area contributed by atoms with Gasteiger partial charge in [0.25, 0.3) is 0 Å². The SMILES string of the molecule is COC(=O)C(CC1CCCCC1)NCc1ccccc1. The molecule has 0 spiro atoms. The summed E-state index contributed by atoms with van der Waals surface area (Å²) >= 11 is 0. The van der Waals surface area contributed by atoms with Crippen molar-refractivity contribution in [3.05, 3.63) is 35.9 Å². The number of carbonyl (C=O) groups is 1. The molecular formula is C17H25NO2. The fourth-order valence-corrected chi connectivity index (χ4v) is 3.00. The average Bonchev–Trinajstić information content (AvgIpc) is 2.52. The van der Waals surface area contributed by atoms with Gasteiger partial charge in [0.05, 0.1) is 7.11 Å². The normalized spacial score (nSPS) is 17.6. The zero-order valence-corrected chi connectivity index (χ0v) is 12.3. The minimum Gasteiger partial charge on any atom is -0.468 e. The van der Waals surface area contributed by atoms with Crippen LogP contribution in [0.15, 0.2) is 30.3 Å². The molecule has 0 radical (unpaired) electrons. The molecule has 1 fully saturated rings. The maximum Gasteiger partial charge on any atom is 0.322 e. The van der Waals surface area contributed by atoms with Crippen molar-refractivity contribution in [2.45, 2.75) is 51.1 Å². The molecule has 1 aliphatic carbocycles. The molecule has 1 atom stereocenters. The molecule has 3 heteroatoms. The molecule has 1 aromatic carbocycles. The summed E-state index contributed by atoms with van der Waals surface area (Å²) in [7, 11) is 1.47. The molecule has 0 saturated heterocycles. The van der Waals surface area contributed by atoms with E-state index in [9.17, 15) is 4.79 Å². The zero-order valence-electron chi connectivity index (χ0n) is 12.3. The molecule has 110 valence electrons. The Morgan fingerprint density at radius 3 is 2.60 bits per heavy atom. The van der Waals surface area contributed by atoms with Gasteiger partial charge in [-0.3, -0.25) is 4.79 Å². The molecule has 2 rings (SSSR count). The van der Waals surface area contributed by atoms with Crippen LogP contribution >= 0.6 is 0 Å². The average molecular weight is 275 g/mol. The molecule has 1 saturated carbocycles. The molecule has 1 aromatic rings. The van der Waals surface area contributed by atoms with Gasteiger partial charge in [-0.15, -0.1) is 0 Å². The Bertz CT molecular complexity index is 399. The number of benzene rings is 1. The molecule has 0 aliphatic heterocycles. The number of carbonyl (C=O) groups excluding carboxylic acids is 1. The van der Waals surface area contributed by atoms with Gasteiger partial charge in [0.2, 0.25) is 0 Å². The molecule has 0 bridgehead atoms. The third-order valence-corrected chi connectivity index (χ3v) is 4.17. The van der Waals surface area contributed by atoms with Crippen LogP contribution < -0.4 is 5.32 Å². The predicted molar refractivity (Wildman–Crippen MR) is 80.3 cm³/mol. The Kier molecular flexibility index (Phi) is 6.06. The first kappa shape index (κ1) is 15.0. The fraction of sp³-hybridized carbons (Fsp3) is 0.588. The maximum absolute atomic E-state index is 11.9. The number of rotatable bonds is 6. The van der Waals surface area contributed by atoms with E-state index in [-0.39, 0.29) is 12.0 Å². The van der Waals surface area contributed by atoms with Gasteiger partial charge >= 0.3 is 5.97 Å². The van der Waals surface area contributed by atoms with Gasteiger partial charge in [-0.2, -0.15) is 0 Å². The number of esters is 1. The summed E-state index contributed by atoms with van der Waals surface area (Å²) < 4.78 is 4.94. The summed E-state index contributed by atoms with van der Waals surface area (Å²) in [4.78, 5) is 11.9. The van der Waals surface area contributed by atoms with Gasteiger partial charge < -0.3 is 10.1 Å². The lowest BCUT2D eigenvalue weighted by molar-refractivity contribution is -0.143. The van der Waals surface area contributed by atoms with Crippen LogP contribution in [0.4, 0.5) is 0 Å². The van der Waals surface area contributed by atoms with E-state index < -0.39 is 0 Å². The van der Waals surface area contributed by atoms with Crippen LogP contribution in [-0.4, -0.2) is 19.1 Å². The molecule has 0 heterocycles. The van der Waals surface area contributed by atoms with E-state index in [1.54, 1.807) is 0 Å². The molecule has 0 aromatic heterocycles. The highest BCUT2D eigenvalue weighted by Gasteiger charge is 2.24. The van der Waals surface area contributed by atoms with Gasteiger partial charge in [0, 0.05) is 6.54 Å². The van der Waals surface area contributed by atoms with Gasteiger partial charge in [-0.1, -0.05) is 62.4 Å². The van der Waals surface area contributed by atoms with E-state index in [4.69, 9.17) is 4.74 Å². The van der Waals surface area contributed by atoms with Gasteiger partial charge in [-0.25, -0.2) is 0 Å². The number of hydrogen-bond acceptors (Lipinski definition) is 3. The molecule has 1 N–H and O–H groups in total. The van der Waals surface area contributed by atoms with Gasteiger partial charge in [-0.05, 0) is 17.9 Å². The van der Waals surface area contributed by atoms with E-state index in [0.717, 1.165) is 6.42 Å². The Morgan fingerprint density at radius 1 is 1.25 bits per heavy atom. The Balaban J connectivity index is 1.88. The van der Waals surface area contributed by atoms with E-state index in [2.05, 4.69) is 17.4 Å². The largest absolute Gasteiger partial charge is 0.468 e. The summed E-state index contributed by atoms with van der Waals surface area (Å²) in [6, 6.07) is 10.0. The first-order valence-electron chi connectivity index (χ1n) is 7.64. The predicted octanol–water partition coefficient (Wildman–Crippen LogP) is 3.29. The second-order valence-electron chi connectivity index (χ2n) is 5.68. The molecule has 0 amide bonds. The topological polar surface area (TPSA) is 38.3 Å². The van der Waals surface area contributed by atoms with E-state index in [1.165, 1.54) is 44.8 Å². The first-order chi connectivity index (χ1) is 9.79. The summed E-state index contributed by atoms with van der Waals surface area (Å²) in [5.74, 6) is 0.530. The highest BCUT2D eigenvalue weighted by Crippen LogP contribution is 2.27. The lowest BCUT2D eigenvalue weighted by Gasteiger charge is -2.26. The summed E-state index contributed by atoms with van der Waals surface area (Å²) in [6.07, 6.45) is 7.35. The Labute approximate surface area is 121 Å². The number of ether oxygens (including phenoxy) is 1. The van der Waals surface area contributed by atoms with Crippen molar-refractivity contribution >= 4 is 5.97 Å². The first-order valence-corrected chi connectivity index (χ1v) is 7.64. The second kappa shape index (κ2) is 8.05. The lowest BCUT2D eigenvalue weighted by Crippen LogP contribution is -2.39. The van der Waals surface area contributed by atoms with Crippen LogP contribution in [0.2, 0.25) is 0 Å². The van der Waals surface area contributed by atoms with Crippen molar-refractivity contribution in [1.29, 1.82) is 0 Å². The fourth-order valence-electron chi connectivity index (χ4n) is 3.00. The quantitative estimate of drug-likeness (QED) is 0.810. The highest BCUT2D eigenvalue weighted by molar-refractivity contribution is 5.75. The monoisotopic (exact) mass is 275 g/mol. The standard InChI is InChI=1S/C17H25NO2/c1-20-17(19)16(12-14-8-4-2-5-9-14)18-13-15-10-6-3-7-11-15/h3,6-7,10-11,14,16,18H,2,4-5,8-9,12-13H2,1H3. The minimum absolute atomic E-state index is 0.133. The Hall–Kier alpha value is -1.35. The van der Waals surface area contributed by atoms with Crippen LogP contribution in [0.3, 0.4) is 0 Å². The highest BCUT2D eigenvalue weighted by atomic mass is 16.5. The molecule has 20 heavy (non-hydrogen) atoms. The van der Waals surface area contributed by atoms with Crippen molar-refractivity contribution in [3.8, 4) is 0 Å². The maximum atomic E-state index is 11.9. The van der Waals surface area contributed by atoms with Gasteiger partial charge in [0.1, 0.15) is 6.04 Å². The third-order valence-electron chi connectivity index (χ3n) is 4.17. The molecule has 1 unspecified atom stereocenters. The van der Waals surface area contributed by atoms with E-state index in [0.29, 0.717) is 12.5 Å². The van der Waals surface area contributed by atoms with Crippen molar-refractivity contribution in [2.75, 3.05) is 7.11 Å². The zero-order chi connectivity index (χ0) is 14.2. The van der Waals surface area contributed by atoms with E-state index in [1.807, 2.05) is 18.2 Å². The summed E-state index contributed by atoms with van der Waals surface area (Å²) in [6.45, 7) is 0.716. The van der Waals surface area contributed by atoms with Crippen LogP contribution in [0.5, 0.6) is 0 Å². The summed E-state index contributed by atoms with van der Waals surface area (Å²) in [5.41, 5.74) is 1.20. The third kappa shape index (κ3) is 4.64. The molecular weight excluding hydrogens is 250 g/mol. The lowest BCUT2D eigenvalue weighted by atomic mass is 9.85. The van der Waals surface area contributed by atoms with Crippen LogP contribution in [0, 0.1) is 5.92 Å². The smallest absolute Gasteiger partial charge is 0.322 e. The number of methoxy groups -OCH3 is 1. The molecule has 3 nitrogen and oxygen atoms in total. The van der Waals surface area contributed by atoms with Crippen molar-refractivity contribution in [2.24, 2.45) is 5.92 Å². The molecule has 1 aliphatic rings. The van der Waals surface area contributed by atoms with E-state index >= 15 is 0 Å². The van der Waals surface area contributed by atoms with Crippen LogP contribution in [0.25, 0.3) is 0 Å². The Morgan fingerprint density at radius 2 is 1.95 bits per heavy atom. The number of nitrogens with one attached hydrogen (secondary N) is 1. The summed E-state index contributed by atoms with van der Waals surface area (Å²) in [5, 5.41) is 3.36. The van der Waals surface area contributed by atoms with Crippen LogP contribution in [0.1, 0.15) is 44.1 Å².